The highest BCUT2D eigenvalue weighted by Gasteiger charge is 2.32. The van der Waals surface area contributed by atoms with Crippen molar-refractivity contribution < 1.29 is 0 Å². The first-order valence-electron chi connectivity index (χ1n) is 21.5. The zero-order valence-corrected chi connectivity index (χ0v) is 34.2. The van der Waals surface area contributed by atoms with Gasteiger partial charge in [-0.2, -0.15) is 0 Å². The molecule has 50 heavy (non-hydrogen) atoms. The third-order valence-corrected chi connectivity index (χ3v) is 13.6. The Balaban J connectivity index is 1.42. The highest BCUT2D eigenvalue weighted by molar-refractivity contribution is 7.14. The average molecular weight is 711 g/mol. The molecule has 2 aromatic heterocycles. The number of thiophene rings is 2. The molecule has 1 aromatic carbocycles. The smallest absolute Gasteiger partial charge is 0.0427 e. The van der Waals surface area contributed by atoms with E-state index < -0.39 is 0 Å². The van der Waals surface area contributed by atoms with E-state index in [1.807, 2.05) is 22.7 Å². The fourth-order valence-corrected chi connectivity index (χ4v) is 10.5. The molecule has 0 saturated heterocycles. The fourth-order valence-electron chi connectivity index (χ4n) is 8.66. The summed E-state index contributed by atoms with van der Waals surface area (Å²) in [7, 11) is 0. The maximum Gasteiger partial charge on any atom is 0.0427 e. The van der Waals surface area contributed by atoms with E-state index in [2.05, 4.69) is 74.9 Å². The summed E-state index contributed by atoms with van der Waals surface area (Å²) in [6, 6.07) is 10.1. The fraction of sp³-hybridized carbons (Fsp3) is 0.625. The summed E-state index contributed by atoms with van der Waals surface area (Å²) >= 11 is 3.93. The minimum absolute atomic E-state index is 0.684. The zero-order valence-electron chi connectivity index (χ0n) is 32.6. The Morgan fingerprint density at radius 1 is 0.400 bits per heavy atom. The van der Waals surface area contributed by atoms with E-state index in [0.29, 0.717) is 11.8 Å². The van der Waals surface area contributed by atoms with Crippen molar-refractivity contribution in [1.29, 1.82) is 0 Å². The van der Waals surface area contributed by atoms with Crippen LogP contribution in [-0.4, -0.2) is 0 Å². The number of hydrogen-bond donors (Lipinski definition) is 0. The molecule has 0 fully saturated rings. The molecule has 3 aromatic rings. The van der Waals surface area contributed by atoms with Crippen LogP contribution in [0.3, 0.4) is 0 Å². The van der Waals surface area contributed by atoms with Crippen molar-refractivity contribution in [2.24, 2.45) is 11.8 Å². The van der Waals surface area contributed by atoms with E-state index in [1.54, 1.807) is 0 Å². The summed E-state index contributed by atoms with van der Waals surface area (Å²) in [5, 5.41) is 4.69. The minimum Gasteiger partial charge on any atom is -0.143 e. The lowest BCUT2D eigenvalue weighted by atomic mass is 9.88. The van der Waals surface area contributed by atoms with E-state index in [0.717, 1.165) is 0 Å². The lowest BCUT2D eigenvalue weighted by molar-refractivity contribution is 0.470. The van der Waals surface area contributed by atoms with Crippen LogP contribution in [0.2, 0.25) is 0 Å². The predicted octanol–water partition coefficient (Wildman–Crippen LogP) is 17.3. The Hall–Kier alpha value is -1.90. The van der Waals surface area contributed by atoms with E-state index in [9.17, 15) is 0 Å². The molecule has 0 N–H and O–H groups in total. The van der Waals surface area contributed by atoms with Gasteiger partial charge in [-0.25, -0.2) is 0 Å². The zero-order chi connectivity index (χ0) is 35.0. The van der Waals surface area contributed by atoms with Crippen LogP contribution in [-0.2, 0) is 0 Å². The normalized spacial score (nSPS) is 15.8. The molecule has 0 saturated carbocycles. The van der Waals surface area contributed by atoms with Crippen LogP contribution >= 0.6 is 22.7 Å². The van der Waals surface area contributed by atoms with Gasteiger partial charge in [0.1, 0.15) is 0 Å². The molecule has 274 valence electrons. The Kier molecular flexibility index (Phi) is 17.0. The van der Waals surface area contributed by atoms with E-state index >= 15 is 0 Å². The molecule has 0 aliphatic heterocycles. The van der Waals surface area contributed by atoms with E-state index in [4.69, 9.17) is 0 Å². The van der Waals surface area contributed by atoms with Gasteiger partial charge in [0.15, 0.2) is 0 Å². The molecule has 0 bridgehead atoms. The van der Waals surface area contributed by atoms with Crippen LogP contribution in [0.5, 0.6) is 0 Å². The molecule has 2 atom stereocenters. The number of hydrogen-bond acceptors (Lipinski definition) is 2. The molecule has 2 aliphatic rings. The SMILES string of the molecule is CCCCCCCCC(C=C1c2cc3c(cc2-c2sccc21)C(=CC(CCCCCC)CCCCCCCC)c1ccsc1-3)CCCCCC. The van der Waals surface area contributed by atoms with Gasteiger partial charge in [0.25, 0.3) is 0 Å². The first kappa shape index (κ1) is 39.3. The Bertz CT molecular complexity index is 1370. The quantitative estimate of drug-likeness (QED) is 0.0501. The van der Waals surface area contributed by atoms with Gasteiger partial charge >= 0.3 is 0 Å². The molecule has 0 nitrogen and oxygen atoms in total. The third kappa shape index (κ3) is 10.6. The number of rotatable bonds is 26. The molecule has 2 heteroatoms. The topological polar surface area (TPSA) is 0 Å². The van der Waals surface area contributed by atoms with Crippen molar-refractivity contribution in [3.8, 4) is 20.9 Å². The molecule has 2 heterocycles. The Morgan fingerprint density at radius 3 is 1.08 bits per heavy atom. The number of unbranched alkanes of at least 4 members (excludes halogenated alkanes) is 16. The van der Waals surface area contributed by atoms with Crippen LogP contribution in [0.4, 0.5) is 0 Å². The predicted molar refractivity (Wildman–Crippen MR) is 228 cm³/mol. The molecule has 0 radical (unpaired) electrons. The second-order valence-corrected chi connectivity index (χ2v) is 17.6. The standard InChI is InChI=1S/C48H70S2/c1-5-9-13-17-19-23-27-37(25-21-15-11-7-3)33-41-39-29-31-49-47(39)45-36-44-42(40-30-32-50-48(40)46(44)35-43(41)45)34-38(26-22-16-12-8-4)28-24-20-18-14-10-6-2/h29-38H,5-28H2,1-4H3. The van der Waals surface area contributed by atoms with Gasteiger partial charge in [-0.1, -0.05) is 168 Å². The van der Waals surface area contributed by atoms with Gasteiger partial charge in [-0.05, 0) is 94.8 Å². The van der Waals surface area contributed by atoms with Crippen molar-refractivity contribution in [3.63, 3.8) is 0 Å². The summed E-state index contributed by atoms with van der Waals surface area (Å²) in [6.07, 6.45) is 38.5. The molecule has 0 spiro atoms. The van der Waals surface area contributed by atoms with Crippen molar-refractivity contribution in [1.82, 2.24) is 0 Å². The Labute approximate surface area is 316 Å². The number of allylic oxidation sites excluding steroid dienone is 2. The summed E-state index contributed by atoms with van der Waals surface area (Å²) in [5.41, 5.74) is 12.1. The minimum atomic E-state index is 0.684. The lowest BCUT2D eigenvalue weighted by Crippen LogP contribution is -2.00. The van der Waals surface area contributed by atoms with Gasteiger partial charge < -0.3 is 0 Å². The first-order chi connectivity index (χ1) is 24.7. The molecular formula is C48H70S2. The largest absolute Gasteiger partial charge is 0.143 e. The monoisotopic (exact) mass is 710 g/mol. The maximum atomic E-state index is 2.75. The second-order valence-electron chi connectivity index (χ2n) is 15.8. The summed E-state index contributed by atoms with van der Waals surface area (Å²) in [4.78, 5) is 3.02. The highest BCUT2D eigenvalue weighted by Crippen LogP contribution is 2.55. The van der Waals surface area contributed by atoms with Gasteiger partial charge in [0.05, 0.1) is 0 Å². The number of benzene rings is 1. The van der Waals surface area contributed by atoms with Crippen molar-refractivity contribution in [2.45, 2.75) is 182 Å². The van der Waals surface area contributed by atoms with Crippen LogP contribution in [0.1, 0.15) is 204 Å². The molecule has 2 unspecified atom stereocenters. The third-order valence-electron chi connectivity index (χ3n) is 11.7. The van der Waals surface area contributed by atoms with Crippen LogP contribution < -0.4 is 0 Å². The van der Waals surface area contributed by atoms with Crippen molar-refractivity contribution in [2.75, 3.05) is 0 Å². The summed E-state index contributed by atoms with van der Waals surface area (Å²) < 4.78 is 0. The molecule has 2 aliphatic carbocycles. The average Bonchev–Trinajstić information content (AvgIpc) is 3.91. The van der Waals surface area contributed by atoms with Crippen LogP contribution in [0, 0.1) is 11.8 Å². The molecular weight excluding hydrogens is 641 g/mol. The summed E-state index contributed by atoms with van der Waals surface area (Å²) in [5.74, 6) is 1.37. The van der Waals surface area contributed by atoms with Gasteiger partial charge in [-0.3, -0.25) is 0 Å². The second kappa shape index (κ2) is 21.6. The maximum absolute atomic E-state index is 2.75. The summed E-state index contributed by atoms with van der Waals surface area (Å²) in [6.45, 7) is 9.33. The molecule has 5 rings (SSSR count). The highest BCUT2D eigenvalue weighted by atomic mass is 32.1. The first-order valence-corrected chi connectivity index (χ1v) is 23.2. The van der Waals surface area contributed by atoms with Crippen molar-refractivity contribution >= 4 is 33.8 Å². The Morgan fingerprint density at radius 2 is 0.720 bits per heavy atom. The number of fused-ring (bicyclic) bond motifs is 6. The van der Waals surface area contributed by atoms with E-state index in [-0.39, 0.29) is 0 Å². The van der Waals surface area contributed by atoms with Gasteiger partial charge in [-0.15, -0.1) is 22.7 Å². The van der Waals surface area contributed by atoms with Crippen molar-refractivity contribution in [3.05, 3.63) is 69.4 Å². The van der Waals surface area contributed by atoms with E-state index in [1.165, 1.54) is 208 Å². The van der Waals surface area contributed by atoms with Crippen LogP contribution in [0.25, 0.3) is 32.0 Å². The van der Waals surface area contributed by atoms with Crippen LogP contribution in [0.15, 0.2) is 47.2 Å². The lowest BCUT2D eigenvalue weighted by Gasteiger charge is -2.16. The van der Waals surface area contributed by atoms with Gasteiger partial charge in [0, 0.05) is 32.0 Å². The van der Waals surface area contributed by atoms with Gasteiger partial charge in [0.2, 0.25) is 0 Å². The molecule has 0 amide bonds.